The molecule has 0 saturated carbocycles. The zero-order valence-corrected chi connectivity index (χ0v) is 23.7. The summed E-state index contributed by atoms with van der Waals surface area (Å²) in [4.78, 5) is 18.4. The van der Waals surface area contributed by atoms with E-state index < -0.39 is 42.0 Å². The Labute approximate surface area is 192 Å². The fraction of sp³-hybridized carbons (Fsp3) is 0.913. The monoisotopic (exact) mass is 558 g/mol. The van der Waals surface area contributed by atoms with E-state index in [0.717, 1.165) is 45.4 Å². The summed E-state index contributed by atoms with van der Waals surface area (Å²) in [6.45, 7) is 13.1. The van der Waals surface area contributed by atoms with Crippen LogP contribution in [-0.4, -0.2) is 64.5 Å². The molecular weight excluding hydrogens is 512 g/mol. The van der Waals surface area contributed by atoms with Gasteiger partial charge in [0.05, 0.1) is 0 Å². The van der Waals surface area contributed by atoms with Gasteiger partial charge in [-0.1, -0.05) is 0 Å². The maximum absolute atomic E-state index is 13.0. The second-order valence-electron chi connectivity index (χ2n) is 9.68. The number of hydrogen-bond acceptors (Lipinski definition) is 3. The predicted octanol–water partition coefficient (Wildman–Crippen LogP) is 7.64. The van der Waals surface area contributed by atoms with Crippen LogP contribution in [0.5, 0.6) is 0 Å². The van der Waals surface area contributed by atoms with Crippen LogP contribution in [0.15, 0.2) is 4.99 Å². The van der Waals surface area contributed by atoms with Crippen molar-refractivity contribution in [3.63, 3.8) is 0 Å². The minimum absolute atomic E-state index is 0.0537. The number of halogens is 3. The molecule has 0 unspecified atom stereocenters. The molecule has 0 atom stereocenters. The second-order valence-corrected chi connectivity index (χ2v) is 23.4. The molecule has 0 spiro atoms. The van der Waals surface area contributed by atoms with E-state index >= 15 is 0 Å². The molecule has 4 nitrogen and oxygen atoms in total. The van der Waals surface area contributed by atoms with Crippen molar-refractivity contribution in [1.82, 2.24) is 4.90 Å². The van der Waals surface area contributed by atoms with E-state index in [0.29, 0.717) is 4.56 Å². The molecule has 31 heavy (non-hydrogen) atoms. The minimum atomic E-state index is -4.43. The van der Waals surface area contributed by atoms with Crippen LogP contribution < -0.4 is 0 Å². The van der Waals surface area contributed by atoms with Gasteiger partial charge in [0.2, 0.25) is 0 Å². The number of nitrogens with zero attached hydrogens (tertiary/aromatic N) is 2. The van der Waals surface area contributed by atoms with Crippen molar-refractivity contribution in [2.45, 2.75) is 112 Å². The quantitative estimate of drug-likeness (QED) is 0.163. The number of amides is 1. The van der Waals surface area contributed by atoms with Crippen molar-refractivity contribution >= 4 is 30.2 Å². The van der Waals surface area contributed by atoms with E-state index in [-0.39, 0.29) is 13.1 Å². The summed E-state index contributed by atoms with van der Waals surface area (Å²) in [7, 11) is 0. The number of carbonyl (C=O) groups excluding carboxylic acids is 1. The molecule has 0 heterocycles. The van der Waals surface area contributed by atoms with E-state index in [2.05, 4.69) is 25.8 Å². The Balaban J connectivity index is 5.73. The maximum atomic E-state index is 13.0. The summed E-state index contributed by atoms with van der Waals surface area (Å²) in [5.41, 5.74) is -1.50. The van der Waals surface area contributed by atoms with E-state index in [1.165, 1.54) is 13.3 Å². The average molecular weight is 557 g/mol. The Bertz CT molecular complexity index is 524. The van der Waals surface area contributed by atoms with E-state index in [1.54, 1.807) is 4.90 Å². The first-order chi connectivity index (χ1) is 14.3. The van der Waals surface area contributed by atoms with Crippen LogP contribution in [0, 0.1) is 0 Å². The molecule has 0 aromatic rings. The molecule has 0 radical (unpaired) electrons. The molecule has 0 saturated heterocycles. The molecule has 0 bridgehead atoms. The van der Waals surface area contributed by atoms with Gasteiger partial charge >= 0.3 is 193 Å². The van der Waals surface area contributed by atoms with Gasteiger partial charge in [0.25, 0.3) is 0 Å². The first-order valence-electron chi connectivity index (χ1n) is 11.9. The normalized spacial score (nSPS) is 13.4. The van der Waals surface area contributed by atoms with Gasteiger partial charge < -0.3 is 0 Å². The number of rotatable bonds is 14. The summed E-state index contributed by atoms with van der Waals surface area (Å²) < 4.78 is 48.5. The topological polar surface area (TPSA) is 41.9 Å². The SMILES string of the molecule is CCC[CH2][Sn]([CH2]CCC)([CH2]CCC)[CH2]N(CCN=C(C)C(F)(F)F)C(=O)OC(C)(C)C. The number of ether oxygens (including phenoxy) is 1. The molecular formula is C23H45F3N2O2Sn. The van der Waals surface area contributed by atoms with Crippen LogP contribution in [0.3, 0.4) is 0 Å². The van der Waals surface area contributed by atoms with Gasteiger partial charge in [0.15, 0.2) is 0 Å². The third kappa shape index (κ3) is 13.6. The Morgan fingerprint density at radius 2 is 1.39 bits per heavy atom. The van der Waals surface area contributed by atoms with Crippen LogP contribution >= 0.6 is 0 Å². The fourth-order valence-electron chi connectivity index (χ4n) is 3.66. The summed E-state index contributed by atoms with van der Waals surface area (Å²) in [6.07, 6.45) is 2.02. The van der Waals surface area contributed by atoms with Crippen molar-refractivity contribution in [3.05, 3.63) is 0 Å². The molecule has 8 heteroatoms. The summed E-state index contributed by atoms with van der Waals surface area (Å²) in [6, 6.07) is 0. The van der Waals surface area contributed by atoms with Gasteiger partial charge in [-0.05, 0) is 0 Å². The van der Waals surface area contributed by atoms with Crippen molar-refractivity contribution in [2.24, 2.45) is 4.99 Å². The van der Waals surface area contributed by atoms with Crippen LogP contribution in [0.25, 0.3) is 0 Å². The van der Waals surface area contributed by atoms with Gasteiger partial charge in [-0.25, -0.2) is 0 Å². The third-order valence-electron chi connectivity index (χ3n) is 5.49. The first kappa shape index (κ1) is 30.5. The first-order valence-corrected chi connectivity index (χ1v) is 19.9. The number of alkyl halides is 3. The number of hydrogen-bond donors (Lipinski definition) is 0. The third-order valence-corrected chi connectivity index (χ3v) is 20.6. The zero-order valence-electron chi connectivity index (χ0n) is 20.8. The molecule has 0 aromatic heterocycles. The summed E-state index contributed by atoms with van der Waals surface area (Å²) in [5.74, 6) is 0. The van der Waals surface area contributed by atoms with E-state index in [4.69, 9.17) is 4.74 Å². The second kappa shape index (κ2) is 14.6. The van der Waals surface area contributed by atoms with Gasteiger partial charge in [0.1, 0.15) is 0 Å². The zero-order chi connectivity index (χ0) is 24.1. The van der Waals surface area contributed by atoms with Crippen LogP contribution in [0.4, 0.5) is 18.0 Å². The van der Waals surface area contributed by atoms with E-state index in [1.807, 2.05) is 20.8 Å². The molecule has 0 aliphatic carbocycles. The van der Waals surface area contributed by atoms with Crippen molar-refractivity contribution in [2.75, 3.05) is 17.7 Å². The van der Waals surface area contributed by atoms with E-state index in [9.17, 15) is 18.0 Å². The molecule has 0 aliphatic rings. The standard InChI is InChI=1S/C11H18F3N2O2.3C4H9.Sn/c1-8(11(12,13)14)15-6-7-16(5)9(17)18-10(2,3)4;3*1-3-4-2;/h5-7H2,1-4H3;3*1,3-4H2,2H3;. The molecule has 0 rings (SSSR count). The van der Waals surface area contributed by atoms with Crippen LogP contribution in [0.2, 0.25) is 13.3 Å². The summed E-state index contributed by atoms with van der Waals surface area (Å²) in [5, 5.41) is 0. The molecule has 0 N–H and O–H groups in total. The average Bonchev–Trinajstić information content (AvgIpc) is 2.65. The molecule has 0 aliphatic heterocycles. The number of unbranched alkanes of at least 4 members (excludes halogenated alkanes) is 3. The fourth-order valence-corrected chi connectivity index (χ4v) is 19.7. The molecule has 184 valence electrons. The Morgan fingerprint density at radius 3 is 1.74 bits per heavy atom. The Kier molecular flexibility index (Phi) is 14.4. The van der Waals surface area contributed by atoms with Gasteiger partial charge in [-0.3, -0.25) is 0 Å². The number of carbonyl (C=O) groups is 1. The Hall–Kier alpha value is -0.471. The van der Waals surface area contributed by atoms with Crippen molar-refractivity contribution in [3.8, 4) is 0 Å². The van der Waals surface area contributed by atoms with Crippen LogP contribution in [-0.2, 0) is 4.74 Å². The molecule has 0 aromatic carbocycles. The molecule has 1 amide bonds. The van der Waals surface area contributed by atoms with Gasteiger partial charge in [-0.15, -0.1) is 0 Å². The Morgan fingerprint density at radius 1 is 0.935 bits per heavy atom. The predicted molar refractivity (Wildman–Crippen MR) is 127 cm³/mol. The van der Waals surface area contributed by atoms with Crippen molar-refractivity contribution < 1.29 is 22.7 Å². The van der Waals surface area contributed by atoms with Crippen molar-refractivity contribution in [1.29, 1.82) is 0 Å². The van der Waals surface area contributed by atoms with Gasteiger partial charge in [0, 0.05) is 0 Å². The molecule has 0 fully saturated rings. The summed E-state index contributed by atoms with van der Waals surface area (Å²) >= 11 is -2.73. The van der Waals surface area contributed by atoms with Crippen LogP contribution in [0.1, 0.15) is 87.0 Å². The number of aliphatic imine (C=N–C) groups is 1. The van der Waals surface area contributed by atoms with Gasteiger partial charge in [-0.2, -0.15) is 0 Å².